The van der Waals surface area contributed by atoms with E-state index >= 15 is 0 Å². The number of amides is 1. The van der Waals surface area contributed by atoms with E-state index in [1.54, 1.807) is 0 Å². The van der Waals surface area contributed by atoms with Crippen LogP contribution in [0.25, 0.3) is 0 Å². The summed E-state index contributed by atoms with van der Waals surface area (Å²) in [6, 6.07) is 0. The van der Waals surface area contributed by atoms with Crippen molar-refractivity contribution in [2.24, 2.45) is 0 Å². The molecule has 54 valence electrons. The van der Waals surface area contributed by atoms with E-state index in [4.69, 9.17) is 5.73 Å². The van der Waals surface area contributed by atoms with E-state index < -0.39 is 0 Å². The molecule has 1 rings (SSSR count). The maximum absolute atomic E-state index is 10.8. The molecule has 0 aliphatic heterocycles. The van der Waals surface area contributed by atoms with Gasteiger partial charge in [0.2, 0.25) is 5.88 Å². The maximum Gasteiger partial charge on any atom is 0.275 e. The zero-order valence-corrected chi connectivity index (χ0v) is 5.42. The lowest BCUT2D eigenvalue weighted by atomic mass is 10.4. The van der Waals surface area contributed by atoms with Crippen LogP contribution in [0.1, 0.15) is 10.5 Å². The number of aromatic nitrogens is 1. The number of hydrogen-bond acceptors (Lipinski definition) is 4. The number of nitrogen functional groups attached to an aromatic ring is 1. The second-order valence-electron chi connectivity index (χ2n) is 1.64. The number of oxazole rings is 1. The van der Waals surface area contributed by atoms with Crippen LogP contribution >= 0.6 is 0 Å². The molecule has 0 spiro atoms. The Bertz CT molecular complexity index is 243. The molecule has 5 nitrogen and oxygen atoms in total. The number of anilines is 1. The summed E-state index contributed by atoms with van der Waals surface area (Å²) in [7, 11) is 1.50. The molecule has 0 saturated carbocycles. The Kier molecular flexibility index (Phi) is 1.57. The Morgan fingerprint density at radius 3 is 3.00 bits per heavy atom. The smallest absolute Gasteiger partial charge is 0.275 e. The van der Waals surface area contributed by atoms with E-state index in [9.17, 15) is 4.79 Å². The summed E-state index contributed by atoms with van der Waals surface area (Å²) in [6.45, 7) is 0. The van der Waals surface area contributed by atoms with Gasteiger partial charge in [-0.1, -0.05) is 0 Å². The summed E-state index contributed by atoms with van der Waals surface area (Å²) in [4.78, 5) is 14.4. The maximum atomic E-state index is 10.8. The minimum atomic E-state index is -0.341. The fourth-order valence-electron chi connectivity index (χ4n) is 0.544. The highest BCUT2D eigenvalue weighted by atomic mass is 16.3. The lowest BCUT2D eigenvalue weighted by Gasteiger charge is -1.91. The molecule has 0 aliphatic rings. The van der Waals surface area contributed by atoms with Crippen LogP contribution in [0.4, 0.5) is 5.88 Å². The third-order valence-electron chi connectivity index (χ3n) is 1.04. The van der Waals surface area contributed by atoms with Crippen molar-refractivity contribution in [3.8, 4) is 0 Å². The molecule has 0 unspecified atom stereocenters. The van der Waals surface area contributed by atoms with Gasteiger partial charge in [0.25, 0.3) is 5.91 Å². The molecule has 1 aromatic rings. The van der Waals surface area contributed by atoms with Gasteiger partial charge in [-0.3, -0.25) is 4.79 Å². The molecule has 0 atom stereocenters. The van der Waals surface area contributed by atoms with Gasteiger partial charge in [-0.15, -0.1) is 0 Å². The lowest BCUT2D eigenvalue weighted by molar-refractivity contribution is 0.0959. The van der Waals surface area contributed by atoms with Gasteiger partial charge in [-0.25, -0.2) is 4.98 Å². The van der Waals surface area contributed by atoms with Crippen LogP contribution < -0.4 is 11.1 Å². The zero-order chi connectivity index (χ0) is 7.56. The van der Waals surface area contributed by atoms with Crippen LogP contribution in [-0.2, 0) is 0 Å². The Morgan fingerprint density at radius 2 is 2.60 bits per heavy atom. The normalized spacial score (nSPS) is 9.30. The summed E-state index contributed by atoms with van der Waals surface area (Å²) >= 11 is 0. The van der Waals surface area contributed by atoms with Crippen LogP contribution in [0.15, 0.2) is 10.8 Å². The molecule has 1 heterocycles. The van der Waals surface area contributed by atoms with Gasteiger partial charge >= 0.3 is 0 Å². The van der Waals surface area contributed by atoms with Crippen LogP contribution in [0.3, 0.4) is 0 Å². The number of nitrogens with one attached hydrogen (secondary N) is 1. The van der Waals surface area contributed by atoms with Crippen molar-refractivity contribution >= 4 is 11.8 Å². The number of carbonyl (C=O) groups excluding carboxylic acids is 1. The van der Waals surface area contributed by atoms with E-state index in [-0.39, 0.29) is 17.5 Å². The van der Waals surface area contributed by atoms with Gasteiger partial charge in [-0.2, -0.15) is 0 Å². The Hall–Kier alpha value is -1.52. The van der Waals surface area contributed by atoms with Gasteiger partial charge in [0.15, 0.2) is 12.1 Å². The average Bonchev–Trinajstić information content (AvgIpc) is 2.34. The molecule has 0 aromatic carbocycles. The van der Waals surface area contributed by atoms with Crippen molar-refractivity contribution in [2.75, 3.05) is 12.8 Å². The third kappa shape index (κ3) is 0.928. The average molecular weight is 141 g/mol. The summed E-state index contributed by atoms with van der Waals surface area (Å²) in [5.41, 5.74) is 5.35. The zero-order valence-electron chi connectivity index (χ0n) is 5.42. The molecule has 0 fully saturated rings. The molecule has 0 bridgehead atoms. The monoisotopic (exact) mass is 141 g/mol. The number of nitrogens with two attached hydrogens (primary N) is 1. The van der Waals surface area contributed by atoms with Crippen molar-refractivity contribution in [3.63, 3.8) is 0 Å². The first-order valence-corrected chi connectivity index (χ1v) is 2.66. The molecular formula is C5H7N3O2. The predicted octanol–water partition coefficient (Wildman–Crippen LogP) is -0.384. The number of rotatable bonds is 1. The molecule has 0 saturated heterocycles. The van der Waals surface area contributed by atoms with Crippen molar-refractivity contribution in [1.29, 1.82) is 0 Å². The van der Waals surface area contributed by atoms with Crippen molar-refractivity contribution < 1.29 is 9.21 Å². The summed E-state index contributed by atoms with van der Waals surface area (Å²) in [5.74, 6) is -0.300. The molecule has 1 amide bonds. The Balaban J connectivity index is 2.93. The topological polar surface area (TPSA) is 81.2 Å². The predicted molar refractivity (Wildman–Crippen MR) is 34.3 cm³/mol. The van der Waals surface area contributed by atoms with Gasteiger partial charge in [0.1, 0.15) is 0 Å². The van der Waals surface area contributed by atoms with E-state index in [1.807, 2.05) is 0 Å². The molecule has 1 aromatic heterocycles. The SMILES string of the molecule is CNC(=O)c1ncoc1N. The fourth-order valence-corrected chi connectivity index (χ4v) is 0.544. The first-order chi connectivity index (χ1) is 4.75. The summed E-state index contributed by atoms with van der Waals surface area (Å²) in [5, 5.41) is 2.37. The van der Waals surface area contributed by atoms with Gasteiger partial charge in [-0.05, 0) is 0 Å². The Labute approximate surface area is 57.2 Å². The summed E-state index contributed by atoms with van der Waals surface area (Å²) in [6.07, 6.45) is 1.12. The van der Waals surface area contributed by atoms with E-state index in [0.29, 0.717) is 0 Å². The molecule has 3 N–H and O–H groups in total. The van der Waals surface area contributed by atoms with E-state index in [0.717, 1.165) is 6.39 Å². The first-order valence-electron chi connectivity index (χ1n) is 2.66. The van der Waals surface area contributed by atoms with Crippen molar-refractivity contribution in [3.05, 3.63) is 12.1 Å². The highest BCUT2D eigenvalue weighted by molar-refractivity contribution is 5.95. The number of hydrogen-bond donors (Lipinski definition) is 2. The molecule has 5 heteroatoms. The van der Waals surface area contributed by atoms with E-state index in [1.165, 1.54) is 7.05 Å². The minimum absolute atomic E-state index is 0.0411. The van der Waals surface area contributed by atoms with Gasteiger partial charge < -0.3 is 15.5 Å². The fraction of sp³-hybridized carbons (Fsp3) is 0.200. The van der Waals surface area contributed by atoms with Gasteiger partial charge in [0.05, 0.1) is 0 Å². The second kappa shape index (κ2) is 2.38. The second-order valence-corrected chi connectivity index (χ2v) is 1.64. The number of carbonyl (C=O) groups is 1. The molecule has 0 aliphatic carbocycles. The standard InChI is InChI=1S/C5H7N3O2/c1-7-5(9)3-4(6)10-2-8-3/h2H,6H2,1H3,(H,7,9). The summed E-state index contributed by atoms with van der Waals surface area (Å²) < 4.78 is 4.59. The first kappa shape index (κ1) is 6.60. The molecular weight excluding hydrogens is 134 g/mol. The van der Waals surface area contributed by atoms with Crippen molar-refractivity contribution in [1.82, 2.24) is 10.3 Å². The highest BCUT2D eigenvalue weighted by Crippen LogP contribution is 2.06. The molecule has 10 heavy (non-hydrogen) atoms. The van der Waals surface area contributed by atoms with Crippen LogP contribution in [0.2, 0.25) is 0 Å². The quantitative estimate of drug-likeness (QED) is 0.558. The highest BCUT2D eigenvalue weighted by Gasteiger charge is 2.11. The van der Waals surface area contributed by atoms with Crippen LogP contribution in [-0.4, -0.2) is 17.9 Å². The van der Waals surface area contributed by atoms with Crippen LogP contribution in [0.5, 0.6) is 0 Å². The lowest BCUT2D eigenvalue weighted by Crippen LogP contribution is -2.19. The van der Waals surface area contributed by atoms with Gasteiger partial charge in [0, 0.05) is 7.05 Å². The van der Waals surface area contributed by atoms with Crippen molar-refractivity contribution in [2.45, 2.75) is 0 Å². The Morgan fingerprint density at radius 1 is 1.90 bits per heavy atom. The minimum Gasteiger partial charge on any atom is -0.427 e. The van der Waals surface area contributed by atoms with Crippen LogP contribution in [0, 0.1) is 0 Å². The largest absolute Gasteiger partial charge is 0.427 e. The number of nitrogens with zero attached hydrogens (tertiary/aromatic N) is 1. The third-order valence-corrected chi connectivity index (χ3v) is 1.04. The molecule has 0 radical (unpaired) electrons. The van der Waals surface area contributed by atoms with E-state index in [2.05, 4.69) is 14.7 Å².